The Bertz CT molecular complexity index is 2530. The molecular formula is C68H127N9O27S. The van der Waals surface area contributed by atoms with Crippen LogP contribution in [0.3, 0.4) is 0 Å². The van der Waals surface area contributed by atoms with Crippen LogP contribution in [-0.4, -0.2) is 307 Å². The summed E-state index contributed by atoms with van der Waals surface area (Å²) in [7, 11) is 2.62. The Morgan fingerprint density at radius 3 is 1.07 bits per heavy atom. The number of likely N-dealkylation sites (N-methyl/N-ethyl adjacent to an activating group) is 1. The average Bonchev–Trinajstić information content (AvgIpc) is 0.875. The topological polar surface area (TPSA) is 502 Å². The van der Waals surface area contributed by atoms with Crippen molar-refractivity contribution in [1.82, 2.24) is 42.5 Å². The van der Waals surface area contributed by atoms with Gasteiger partial charge in [-0.2, -0.15) is 0 Å². The number of carboxylic acids is 3. The fraction of sp³-hybridized carbons (Fsp3) is 0.824. The molecule has 8 amide bonds. The minimum Gasteiger partial charge on any atom is -0.748 e. The summed E-state index contributed by atoms with van der Waals surface area (Å²) < 4.78 is 79.2. The summed E-state index contributed by atoms with van der Waals surface area (Å²) in [6, 6.07) is -3.00. The van der Waals surface area contributed by atoms with Crippen LogP contribution >= 0.6 is 0 Å². The van der Waals surface area contributed by atoms with Crippen molar-refractivity contribution in [3.05, 3.63) is 0 Å². The number of carboxylic acid groups (broad SMARTS) is 3. The van der Waals surface area contributed by atoms with E-state index in [9.17, 15) is 70.5 Å². The van der Waals surface area contributed by atoms with E-state index in [2.05, 4.69) is 42.5 Å². The highest BCUT2D eigenvalue weighted by atomic mass is 32.2. The monoisotopic (exact) mass is 1530 g/mol. The molecule has 11 N–H and O–H groups in total. The first kappa shape index (κ1) is 103. The molecule has 0 saturated heterocycles. The Labute approximate surface area is 620 Å². The van der Waals surface area contributed by atoms with Gasteiger partial charge in [0.05, 0.1) is 175 Å². The van der Waals surface area contributed by atoms with Gasteiger partial charge in [0.15, 0.2) is 0 Å². The zero-order valence-corrected chi connectivity index (χ0v) is 65.2. The van der Waals surface area contributed by atoms with E-state index in [1.54, 1.807) is 55.8 Å². The second-order valence-corrected chi connectivity index (χ2v) is 28.2. The van der Waals surface area contributed by atoms with Gasteiger partial charge in [0.1, 0.15) is 23.9 Å². The number of ether oxygens (including phenoxy) is 9. The van der Waals surface area contributed by atoms with Gasteiger partial charge in [-0.3, -0.25) is 57.5 Å². The summed E-state index contributed by atoms with van der Waals surface area (Å²) in [4.78, 5) is 144. The van der Waals surface area contributed by atoms with Crippen molar-refractivity contribution >= 4 is 81.1 Å². The van der Waals surface area contributed by atoms with Crippen molar-refractivity contribution in [2.75, 3.05) is 186 Å². The van der Waals surface area contributed by atoms with Gasteiger partial charge >= 0.3 is 17.9 Å². The van der Waals surface area contributed by atoms with Crippen LogP contribution in [0.2, 0.25) is 0 Å². The van der Waals surface area contributed by atoms with E-state index in [4.69, 9.17) is 58.0 Å². The first-order chi connectivity index (χ1) is 49.3. The van der Waals surface area contributed by atoms with Crippen LogP contribution < -0.4 is 42.5 Å². The third-order valence-electron chi connectivity index (χ3n) is 16.0. The van der Waals surface area contributed by atoms with E-state index in [-0.39, 0.29) is 167 Å². The predicted octanol–water partition coefficient (Wildman–Crippen LogP) is 0.0577. The number of Topliss-reactive ketones (excluding diaryl/α,β-unsaturated/α-hetero) is 1. The second kappa shape index (κ2) is 60.4. The molecule has 105 heavy (non-hydrogen) atoms. The van der Waals surface area contributed by atoms with E-state index in [1.807, 2.05) is 34.9 Å². The van der Waals surface area contributed by atoms with Crippen LogP contribution in [0.4, 0.5) is 0 Å². The molecule has 0 saturated carbocycles. The Balaban J connectivity index is -0.00000149. The highest BCUT2D eigenvalue weighted by Gasteiger charge is 2.34. The lowest BCUT2D eigenvalue weighted by Crippen LogP contribution is -2.52. The number of nitrogens with one attached hydrogen (secondary N) is 8. The largest absolute Gasteiger partial charge is 0.748 e. The molecule has 0 aromatic rings. The lowest BCUT2D eigenvalue weighted by atomic mass is 9.88. The molecule has 37 heteroatoms. The summed E-state index contributed by atoms with van der Waals surface area (Å²) in [5, 5.41) is 47.1. The molecule has 612 valence electrons. The maximum atomic E-state index is 12.9. The third-order valence-corrected chi connectivity index (χ3v) is 16.8. The first-order valence-electron chi connectivity index (χ1n) is 35.5. The Kier molecular flexibility index (Phi) is 58.9. The van der Waals surface area contributed by atoms with E-state index in [0.717, 1.165) is 0 Å². The van der Waals surface area contributed by atoms with Crippen molar-refractivity contribution in [3.8, 4) is 0 Å². The van der Waals surface area contributed by atoms with Gasteiger partial charge in [-0.25, -0.2) is 8.42 Å². The normalized spacial score (nSPS) is 12.5. The van der Waals surface area contributed by atoms with Crippen LogP contribution in [0.25, 0.3) is 0 Å². The summed E-state index contributed by atoms with van der Waals surface area (Å²) in [6.45, 7) is 22.8. The number of carbonyl (C=O) groups excluding carboxylic acids is 9. The molecule has 0 heterocycles. The average molecular weight is 1530 g/mol. The van der Waals surface area contributed by atoms with Gasteiger partial charge in [0, 0.05) is 88.3 Å². The van der Waals surface area contributed by atoms with Gasteiger partial charge in [0.25, 0.3) is 0 Å². The summed E-state index contributed by atoms with van der Waals surface area (Å²) >= 11 is 0. The Hall–Kier alpha value is -6.65. The number of ketones is 1. The number of quaternary nitrogens is 1. The van der Waals surface area contributed by atoms with Crippen molar-refractivity contribution in [2.24, 2.45) is 16.2 Å². The Morgan fingerprint density at radius 2 is 0.714 bits per heavy atom. The first-order valence-corrected chi connectivity index (χ1v) is 37.1. The highest BCUT2D eigenvalue weighted by molar-refractivity contribution is 7.85. The van der Waals surface area contributed by atoms with Crippen molar-refractivity contribution in [3.63, 3.8) is 0 Å². The molecule has 36 nitrogen and oxygen atoms in total. The van der Waals surface area contributed by atoms with E-state index >= 15 is 0 Å². The number of hydrogen-bond donors (Lipinski definition) is 11. The third kappa shape index (κ3) is 60.1. The van der Waals surface area contributed by atoms with Gasteiger partial charge in [-0.05, 0) is 32.1 Å². The lowest BCUT2D eigenvalue weighted by molar-refractivity contribution is -0.889. The van der Waals surface area contributed by atoms with Gasteiger partial charge in [0.2, 0.25) is 47.3 Å². The van der Waals surface area contributed by atoms with E-state index < -0.39 is 97.7 Å². The molecule has 0 aromatic heterocycles. The molecule has 0 rings (SSSR count). The second-order valence-electron chi connectivity index (χ2n) is 26.7. The Morgan fingerprint density at radius 1 is 0.400 bits per heavy atom. The number of carbonyl (C=O) groups is 12. The molecule has 0 aliphatic heterocycles. The number of aliphatic carboxylic acids is 3. The van der Waals surface area contributed by atoms with Crippen LogP contribution in [0.1, 0.15) is 146 Å². The molecular weight excluding hydrogens is 1410 g/mol. The number of methoxy groups -OCH3 is 2. The van der Waals surface area contributed by atoms with E-state index in [0.29, 0.717) is 96.1 Å². The number of amides is 8. The highest BCUT2D eigenvalue weighted by Crippen LogP contribution is 2.22. The molecule has 0 bridgehead atoms. The van der Waals surface area contributed by atoms with Crippen LogP contribution in [0.15, 0.2) is 0 Å². The molecule has 0 aliphatic rings. The maximum Gasteiger partial charge on any atom is 0.305 e. The molecule has 0 fully saturated rings. The minimum atomic E-state index is -4.27. The van der Waals surface area contributed by atoms with E-state index in [1.165, 1.54) is 0 Å². The molecule has 3 unspecified atom stereocenters. The smallest absolute Gasteiger partial charge is 0.305 e. The quantitative estimate of drug-likeness (QED) is 0.0218. The zero-order chi connectivity index (χ0) is 80.3. The number of hydrogen-bond acceptors (Lipinski definition) is 24. The summed E-state index contributed by atoms with van der Waals surface area (Å²) in [6.07, 6.45) is 1.94. The van der Waals surface area contributed by atoms with Crippen LogP contribution in [0.5, 0.6) is 0 Å². The standard InChI is InChI=1S/C24H45N3O9S.2C22H41N3O9/c1-6-24(2,3)23(32)26-20(11-10-19(28)9-7-16-36-17-12-21(29)30)22(31)25-13-15-27(4,5)14-8-18-37(33,34)35;2*1-5-22(2,3)21(30)25-17(16-18(26)23-7-10-32-9-6-19(27)28)20(29)24-8-11-33-14-15-34-13-12-31-4/h20H,6-18H2,1-5H3,(H3-,25,26,29,30,31,32,33,34,35);2*17H,5-16H2,1-4H3,(H,23,26)(H,24,29)(H,25,30)(H,27,28). The maximum absolute atomic E-state index is 12.9. The summed E-state index contributed by atoms with van der Waals surface area (Å²) in [5.74, 6) is -6.65. The number of rotatable bonds is 63. The van der Waals surface area contributed by atoms with Gasteiger partial charge in [-0.15, -0.1) is 0 Å². The van der Waals surface area contributed by atoms with Crippen LogP contribution in [-0.2, 0) is 110 Å². The molecule has 0 aliphatic carbocycles. The summed E-state index contributed by atoms with van der Waals surface area (Å²) in [5.41, 5.74) is -2.07. The SMILES string of the molecule is CCC(C)(C)C(=O)NC(CC(=O)NCCOCCC(=O)O)C(=O)NCCOCCOCCOC.CCC(C)(C)C(=O)NC(CC(=O)NCCOCCC(=O)O)C(=O)NCCOCCOCCOC.CCC(C)(C)C(=O)NC(CCC(=O)CCCOCCC(=O)O)C(=O)NCC[N+](C)(C)CCCS(=O)(=O)[O-]. The van der Waals surface area contributed by atoms with Crippen molar-refractivity contribution in [1.29, 1.82) is 0 Å². The molecule has 0 aromatic carbocycles. The minimum absolute atomic E-state index is 0.0414. The fourth-order valence-corrected chi connectivity index (χ4v) is 8.39. The fourth-order valence-electron chi connectivity index (χ4n) is 7.91. The van der Waals surface area contributed by atoms with Crippen molar-refractivity contribution < 1.29 is 133 Å². The van der Waals surface area contributed by atoms with Crippen molar-refractivity contribution in [2.45, 2.75) is 164 Å². The molecule has 0 radical (unpaired) electrons. The molecule has 3 atom stereocenters. The zero-order valence-electron chi connectivity index (χ0n) is 64.4. The lowest BCUT2D eigenvalue weighted by Gasteiger charge is -2.30. The van der Waals surface area contributed by atoms with Gasteiger partial charge < -0.3 is 110 Å². The van der Waals surface area contributed by atoms with Gasteiger partial charge in [-0.1, -0.05) is 62.3 Å². The van der Waals surface area contributed by atoms with Crippen LogP contribution in [0, 0.1) is 16.2 Å². The predicted molar refractivity (Wildman–Crippen MR) is 383 cm³/mol. The molecule has 0 spiro atoms. The number of nitrogens with zero attached hydrogens (tertiary/aromatic N) is 1.